The molecule has 3 nitrogen and oxygen atoms in total. The minimum Gasteiger partial charge on any atom is -0.496 e. The number of methoxy groups -OCH3 is 3. The van der Waals surface area contributed by atoms with E-state index in [9.17, 15) is 0 Å². The van der Waals surface area contributed by atoms with Gasteiger partial charge in [-0.3, -0.25) is 0 Å². The molecule has 0 aliphatic heterocycles. The number of hydrogen-bond acceptors (Lipinski definition) is 3. The van der Waals surface area contributed by atoms with Gasteiger partial charge in [-0.1, -0.05) is 29.8 Å². The number of halogens is 2. The first-order chi connectivity index (χ1) is 7.56. The molecule has 0 heterocycles. The molecule has 0 radical (unpaired) electrons. The summed E-state index contributed by atoms with van der Waals surface area (Å²) in [5.74, 6) is 1.34. The zero-order valence-electron chi connectivity index (χ0n) is 9.27. The van der Waals surface area contributed by atoms with Gasteiger partial charge in [0.05, 0.1) is 26.9 Å². The van der Waals surface area contributed by atoms with Crippen LogP contribution in [0.1, 0.15) is 5.56 Å². The van der Waals surface area contributed by atoms with Gasteiger partial charge in [-0.25, -0.2) is 0 Å². The lowest BCUT2D eigenvalue weighted by molar-refractivity contribution is 0.374. The van der Waals surface area contributed by atoms with E-state index in [0.29, 0.717) is 32.9 Å². The second-order valence-electron chi connectivity index (χ2n) is 2.91. The summed E-state index contributed by atoms with van der Waals surface area (Å²) in [5.41, 5.74) is 0.525. The predicted octanol–water partition coefficient (Wildman–Crippen LogP) is 3.58. The monoisotopic (exact) mass is 262 g/mol. The molecule has 5 heteroatoms. The second kappa shape index (κ2) is 5.32. The molecule has 0 atom stereocenters. The molecule has 0 spiro atoms. The maximum absolute atomic E-state index is 6.08. The molecular formula is C11H12Cl2O3. The molecule has 1 rings (SSSR count). The lowest BCUT2D eigenvalue weighted by atomic mass is 10.1. The summed E-state index contributed by atoms with van der Waals surface area (Å²) in [6.45, 7) is 3.65. The number of ether oxygens (including phenoxy) is 3. The van der Waals surface area contributed by atoms with Crippen molar-refractivity contribution in [1.82, 2.24) is 0 Å². The Kier molecular flexibility index (Phi) is 4.33. The minimum absolute atomic E-state index is 0.290. The molecule has 0 aliphatic carbocycles. The highest BCUT2D eigenvalue weighted by Crippen LogP contribution is 2.46. The number of rotatable bonds is 4. The average molecular weight is 263 g/mol. The summed E-state index contributed by atoms with van der Waals surface area (Å²) in [6, 6.07) is 1.63. The Morgan fingerprint density at radius 1 is 1.12 bits per heavy atom. The second-order valence-corrected chi connectivity index (χ2v) is 3.74. The number of benzene rings is 1. The third-order valence-corrected chi connectivity index (χ3v) is 2.61. The van der Waals surface area contributed by atoms with Gasteiger partial charge >= 0.3 is 0 Å². The van der Waals surface area contributed by atoms with Crippen molar-refractivity contribution in [2.24, 2.45) is 0 Å². The fourth-order valence-electron chi connectivity index (χ4n) is 1.35. The lowest BCUT2D eigenvalue weighted by Crippen LogP contribution is -1.97. The van der Waals surface area contributed by atoms with Crippen molar-refractivity contribution >= 4 is 28.2 Å². The SMILES string of the molecule is C=C(Cl)c1c(OC)cc(OC)c(Cl)c1OC. The van der Waals surface area contributed by atoms with Gasteiger partial charge in [0.25, 0.3) is 0 Å². The average Bonchev–Trinajstić information content (AvgIpc) is 2.27. The van der Waals surface area contributed by atoms with E-state index in [1.54, 1.807) is 6.07 Å². The molecule has 0 saturated carbocycles. The fraction of sp³-hybridized carbons (Fsp3) is 0.273. The van der Waals surface area contributed by atoms with Gasteiger partial charge in [0, 0.05) is 11.1 Å². The largest absolute Gasteiger partial charge is 0.496 e. The van der Waals surface area contributed by atoms with E-state index >= 15 is 0 Å². The van der Waals surface area contributed by atoms with Crippen LogP contribution in [0.25, 0.3) is 5.03 Å². The van der Waals surface area contributed by atoms with Gasteiger partial charge in [-0.05, 0) is 0 Å². The van der Waals surface area contributed by atoms with Gasteiger partial charge in [-0.2, -0.15) is 0 Å². The van der Waals surface area contributed by atoms with Gasteiger partial charge in [0.2, 0.25) is 0 Å². The molecule has 0 bridgehead atoms. The molecule has 0 aromatic heterocycles. The topological polar surface area (TPSA) is 27.7 Å². The van der Waals surface area contributed by atoms with Crippen LogP contribution in [-0.2, 0) is 0 Å². The Balaban J connectivity index is 3.57. The first kappa shape index (κ1) is 13.0. The molecule has 88 valence electrons. The fourth-order valence-corrected chi connectivity index (χ4v) is 1.83. The van der Waals surface area contributed by atoms with Crippen LogP contribution in [0.15, 0.2) is 12.6 Å². The molecule has 0 aliphatic rings. The Morgan fingerprint density at radius 2 is 1.69 bits per heavy atom. The van der Waals surface area contributed by atoms with Crippen LogP contribution in [0, 0.1) is 0 Å². The van der Waals surface area contributed by atoms with Crippen molar-refractivity contribution in [2.75, 3.05) is 21.3 Å². The van der Waals surface area contributed by atoms with Crippen LogP contribution in [0.4, 0.5) is 0 Å². The van der Waals surface area contributed by atoms with E-state index in [-0.39, 0.29) is 0 Å². The molecule has 1 aromatic rings. The quantitative estimate of drug-likeness (QED) is 0.831. The zero-order chi connectivity index (χ0) is 12.3. The molecule has 16 heavy (non-hydrogen) atoms. The summed E-state index contributed by atoms with van der Waals surface area (Å²) in [4.78, 5) is 0. The Hall–Kier alpha value is -1.06. The van der Waals surface area contributed by atoms with Crippen LogP contribution in [-0.4, -0.2) is 21.3 Å². The van der Waals surface area contributed by atoms with E-state index in [0.717, 1.165) is 0 Å². The van der Waals surface area contributed by atoms with Crippen LogP contribution < -0.4 is 14.2 Å². The molecule has 0 unspecified atom stereocenters. The summed E-state index contributed by atoms with van der Waals surface area (Å²) >= 11 is 12.0. The zero-order valence-corrected chi connectivity index (χ0v) is 10.8. The molecule has 0 N–H and O–H groups in total. The Morgan fingerprint density at radius 3 is 2.06 bits per heavy atom. The van der Waals surface area contributed by atoms with Crippen LogP contribution in [0.2, 0.25) is 5.02 Å². The molecule has 0 saturated heterocycles. The van der Waals surface area contributed by atoms with Crippen LogP contribution in [0.5, 0.6) is 17.2 Å². The van der Waals surface area contributed by atoms with Crippen molar-refractivity contribution in [3.63, 3.8) is 0 Å². The smallest absolute Gasteiger partial charge is 0.153 e. The maximum Gasteiger partial charge on any atom is 0.153 e. The standard InChI is InChI=1S/C11H12Cl2O3/c1-6(12)9-7(14-2)5-8(15-3)10(13)11(9)16-4/h5H,1H2,2-4H3. The van der Waals surface area contributed by atoms with Crippen molar-refractivity contribution in [3.8, 4) is 17.2 Å². The van der Waals surface area contributed by atoms with Gasteiger partial charge in [0.15, 0.2) is 5.75 Å². The Bertz CT molecular complexity index is 416. The van der Waals surface area contributed by atoms with Crippen LogP contribution in [0.3, 0.4) is 0 Å². The van der Waals surface area contributed by atoms with Crippen molar-refractivity contribution in [3.05, 3.63) is 23.2 Å². The Labute approximate surface area is 105 Å². The van der Waals surface area contributed by atoms with E-state index in [2.05, 4.69) is 6.58 Å². The maximum atomic E-state index is 6.08. The van der Waals surface area contributed by atoms with Gasteiger partial charge < -0.3 is 14.2 Å². The first-order valence-electron chi connectivity index (χ1n) is 4.40. The molecule has 1 aromatic carbocycles. The normalized spacial score (nSPS) is 9.81. The van der Waals surface area contributed by atoms with Crippen molar-refractivity contribution < 1.29 is 14.2 Å². The van der Waals surface area contributed by atoms with Crippen molar-refractivity contribution in [2.45, 2.75) is 0 Å². The first-order valence-corrected chi connectivity index (χ1v) is 5.15. The predicted molar refractivity (Wildman–Crippen MR) is 66.0 cm³/mol. The van der Waals surface area contributed by atoms with E-state index in [1.165, 1.54) is 21.3 Å². The van der Waals surface area contributed by atoms with E-state index < -0.39 is 0 Å². The third-order valence-electron chi connectivity index (χ3n) is 2.07. The third kappa shape index (κ3) is 2.20. The molecule has 0 fully saturated rings. The van der Waals surface area contributed by atoms with Gasteiger partial charge in [0.1, 0.15) is 16.5 Å². The number of hydrogen-bond donors (Lipinski definition) is 0. The highest BCUT2D eigenvalue weighted by molar-refractivity contribution is 6.49. The highest BCUT2D eigenvalue weighted by Gasteiger charge is 2.20. The van der Waals surface area contributed by atoms with Gasteiger partial charge in [-0.15, -0.1) is 0 Å². The summed E-state index contributed by atoms with van der Waals surface area (Å²) in [6.07, 6.45) is 0. The van der Waals surface area contributed by atoms with E-state index in [1.807, 2.05) is 0 Å². The molecule has 0 amide bonds. The van der Waals surface area contributed by atoms with Crippen LogP contribution >= 0.6 is 23.2 Å². The van der Waals surface area contributed by atoms with Crippen molar-refractivity contribution in [1.29, 1.82) is 0 Å². The minimum atomic E-state index is 0.290. The summed E-state index contributed by atoms with van der Waals surface area (Å²) in [5, 5.41) is 0.626. The lowest BCUT2D eigenvalue weighted by Gasteiger charge is -2.16. The van der Waals surface area contributed by atoms with E-state index in [4.69, 9.17) is 37.4 Å². The molecular weight excluding hydrogens is 251 g/mol. The summed E-state index contributed by atoms with van der Waals surface area (Å²) in [7, 11) is 4.52. The summed E-state index contributed by atoms with van der Waals surface area (Å²) < 4.78 is 15.5. The highest BCUT2D eigenvalue weighted by atomic mass is 35.5.